The van der Waals surface area contributed by atoms with Crippen molar-refractivity contribution in [1.29, 1.82) is 0 Å². The zero-order chi connectivity index (χ0) is 22.9. The fourth-order valence-electron chi connectivity index (χ4n) is 3.53. The lowest BCUT2D eigenvalue weighted by atomic mass is 9.97. The number of thiazole rings is 1. The van der Waals surface area contributed by atoms with Crippen LogP contribution < -0.4 is 5.32 Å². The first-order valence-electron chi connectivity index (χ1n) is 9.81. The Hall–Kier alpha value is -2.67. The van der Waals surface area contributed by atoms with E-state index in [9.17, 15) is 23.3 Å². The normalized spacial score (nSPS) is 15.5. The van der Waals surface area contributed by atoms with E-state index in [1.165, 1.54) is 33.0 Å². The summed E-state index contributed by atoms with van der Waals surface area (Å²) in [6, 6.07) is 8.19. The smallest absolute Gasteiger partial charge is 0.272 e. The van der Waals surface area contributed by atoms with Gasteiger partial charge in [-0.05, 0) is 31.2 Å². The maximum atomic E-state index is 12.7. The zero-order valence-corrected chi connectivity index (χ0v) is 19.5. The first-order chi connectivity index (χ1) is 15.3. The molecule has 4 rings (SSSR count). The quantitative estimate of drug-likeness (QED) is 0.408. The highest BCUT2D eigenvalue weighted by Gasteiger charge is 2.32. The second-order valence-corrected chi connectivity index (χ2v) is 11.4. The van der Waals surface area contributed by atoms with Crippen LogP contribution in [-0.2, 0) is 14.8 Å². The zero-order valence-electron chi connectivity index (χ0n) is 17.1. The van der Waals surface area contributed by atoms with Crippen molar-refractivity contribution in [3.05, 3.63) is 56.8 Å². The molecule has 2 aromatic heterocycles. The number of nitrogens with one attached hydrogen (secondary N) is 1. The molecule has 1 amide bonds. The topological polar surface area (TPSA) is 123 Å². The second-order valence-electron chi connectivity index (χ2n) is 7.40. The summed E-state index contributed by atoms with van der Waals surface area (Å²) in [5, 5.41) is 17.8. The van der Waals surface area contributed by atoms with Crippen molar-refractivity contribution in [2.24, 2.45) is 5.92 Å². The van der Waals surface area contributed by atoms with Crippen LogP contribution in [0.4, 0.5) is 10.8 Å². The third kappa shape index (κ3) is 4.58. The Morgan fingerprint density at radius 1 is 1.25 bits per heavy atom. The Bertz CT molecular complexity index is 1250. The number of amides is 1. The monoisotopic (exact) mass is 492 g/mol. The predicted octanol–water partition coefficient (Wildman–Crippen LogP) is 4.13. The first-order valence-corrected chi connectivity index (χ1v) is 13.0. The summed E-state index contributed by atoms with van der Waals surface area (Å²) in [6.07, 6.45) is 0.859. The number of hydrogen-bond acceptors (Lipinski definition) is 8. The lowest BCUT2D eigenvalue weighted by Crippen LogP contribution is -2.41. The number of nitro groups is 1. The molecule has 168 valence electrons. The minimum atomic E-state index is -3.50. The molecule has 0 bridgehead atoms. The molecular formula is C20H20N4O5S3. The molecule has 0 unspecified atom stereocenters. The summed E-state index contributed by atoms with van der Waals surface area (Å²) in [4.78, 5) is 27.8. The molecule has 1 N–H and O–H groups in total. The number of carbonyl (C=O) groups excluding carboxylic acids is 1. The first kappa shape index (κ1) is 22.5. The Labute approximate surface area is 192 Å². The van der Waals surface area contributed by atoms with Crippen molar-refractivity contribution in [2.45, 2.75) is 24.0 Å². The number of aromatic nitrogens is 1. The number of thiophene rings is 1. The minimum Gasteiger partial charge on any atom is -0.302 e. The summed E-state index contributed by atoms with van der Waals surface area (Å²) < 4.78 is 27.0. The van der Waals surface area contributed by atoms with E-state index >= 15 is 0 Å². The van der Waals surface area contributed by atoms with Gasteiger partial charge in [0.1, 0.15) is 4.21 Å². The summed E-state index contributed by atoms with van der Waals surface area (Å²) >= 11 is 2.42. The van der Waals surface area contributed by atoms with Crippen LogP contribution in [0.15, 0.2) is 45.3 Å². The highest BCUT2D eigenvalue weighted by Crippen LogP contribution is 2.31. The van der Waals surface area contributed by atoms with Gasteiger partial charge in [-0.2, -0.15) is 4.31 Å². The number of carbonyl (C=O) groups is 1. The molecular weight excluding hydrogens is 472 g/mol. The largest absolute Gasteiger partial charge is 0.302 e. The molecule has 1 aromatic carbocycles. The van der Waals surface area contributed by atoms with Crippen LogP contribution in [0.3, 0.4) is 0 Å². The lowest BCUT2D eigenvalue weighted by Gasteiger charge is -2.29. The third-order valence-corrected chi connectivity index (χ3v) is 9.38. The molecule has 32 heavy (non-hydrogen) atoms. The van der Waals surface area contributed by atoms with Gasteiger partial charge in [-0.1, -0.05) is 18.2 Å². The van der Waals surface area contributed by atoms with Crippen molar-refractivity contribution in [3.63, 3.8) is 0 Å². The number of aryl methyl sites for hydroxylation is 1. The van der Waals surface area contributed by atoms with Gasteiger partial charge < -0.3 is 5.32 Å². The van der Waals surface area contributed by atoms with E-state index in [1.807, 2.05) is 0 Å². The molecule has 1 saturated heterocycles. The molecule has 1 fully saturated rings. The molecule has 0 spiro atoms. The number of nitro benzene ring substituents is 1. The maximum absolute atomic E-state index is 12.7. The van der Waals surface area contributed by atoms with Gasteiger partial charge in [0, 0.05) is 41.6 Å². The predicted molar refractivity (Wildman–Crippen MR) is 123 cm³/mol. The molecule has 0 atom stereocenters. The maximum Gasteiger partial charge on any atom is 0.272 e. The number of sulfonamides is 1. The van der Waals surface area contributed by atoms with Gasteiger partial charge in [0.25, 0.3) is 15.7 Å². The summed E-state index contributed by atoms with van der Waals surface area (Å²) in [5.41, 5.74) is 1.73. The van der Waals surface area contributed by atoms with Crippen molar-refractivity contribution in [2.75, 3.05) is 18.4 Å². The molecule has 0 radical (unpaired) electrons. The van der Waals surface area contributed by atoms with Crippen LogP contribution in [0.25, 0.3) is 11.3 Å². The number of anilines is 1. The van der Waals surface area contributed by atoms with Gasteiger partial charge in [-0.3, -0.25) is 14.9 Å². The van der Waals surface area contributed by atoms with Gasteiger partial charge in [0.2, 0.25) is 5.91 Å². The summed E-state index contributed by atoms with van der Waals surface area (Å²) in [5.74, 6) is -0.508. The van der Waals surface area contributed by atoms with Crippen molar-refractivity contribution >= 4 is 49.4 Å². The van der Waals surface area contributed by atoms with Crippen LogP contribution in [-0.4, -0.2) is 41.6 Å². The number of benzene rings is 1. The third-order valence-electron chi connectivity index (χ3n) is 5.35. The minimum absolute atomic E-state index is 0.0188. The van der Waals surface area contributed by atoms with Crippen molar-refractivity contribution < 1.29 is 18.1 Å². The van der Waals surface area contributed by atoms with Gasteiger partial charge >= 0.3 is 0 Å². The SMILES string of the molecule is Cc1ccc(-c2csc(NC(=O)C3CCN(S(=O)(=O)c4cccs4)CC3)n2)cc1[N+](=O)[O-]. The van der Waals surface area contributed by atoms with E-state index in [1.54, 1.807) is 41.9 Å². The van der Waals surface area contributed by atoms with E-state index < -0.39 is 14.9 Å². The standard InChI is InChI=1S/C20H20N4O5S3/c1-13-4-5-15(11-17(13)24(26)27)16-12-31-20(21-16)22-19(25)14-6-8-23(9-7-14)32(28,29)18-3-2-10-30-18/h2-5,10-12,14H,6-9H2,1H3,(H,21,22,25). The van der Waals surface area contributed by atoms with Crippen LogP contribution in [0.5, 0.6) is 0 Å². The van der Waals surface area contributed by atoms with Crippen LogP contribution in [0, 0.1) is 23.0 Å². The van der Waals surface area contributed by atoms with Crippen LogP contribution in [0.1, 0.15) is 18.4 Å². The summed E-state index contributed by atoms with van der Waals surface area (Å²) in [6.45, 7) is 2.24. The Morgan fingerprint density at radius 3 is 2.66 bits per heavy atom. The van der Waals surface area contributed by atoms with E-state index in [-0.39, 0.29) is 30.6 Å². The van der Waals surface area contributed by atoms with Gasteiger partial charge in [0.15, 0.2) is 5.13 Å². The Balaban J connectivity index is 1.38. The van der Waals surface area contributed by atoms with Gasteiger partial charge in [0.05, 0.1) is 10.6 Å². The fraction of sp³-hybridized carbons (Fsp3) is 0.300. The fourth-order valence-corrected chi connectivity index (χ4v) is 6.87. The molecule has 12 heteroatoms. The molecule has 3 aromatic rings. The molecule has 9 nitrogen and oxygen atoms in total. The lowest BCUT2D eigenvalue weighted by molar-refractivity contribution is -0.385. The Kier molecular flexibility index (Phi) is 6.38. The van der Waals surface area contributed by atoms with E-state index in [2.05, 4.69) is 10.3 Å². The Morgan fingerprint density at radius 2 is 2.00 bits per heavy atom. The number of piperidine rings is 1. The van der Waals surface area contributed by atoms with Crippen LogP contribution in [0.2, 0.25) is 0 Å². The average molecular weight is 493 g/mol. The highest BCUT2D eigenvalue weighted by atomic mass is 32.2. The number of nitrogens with zero attached hydrogens (tertiary/aromatic N) is 3. The number of rotatable bonds is 6. The second kappa shape index (κ2) is 9.06. The molecule has 1 aliphatic rings. The van der Waals surface area contributed by atoms with Gasteiger partial charge in [-0.15, -0.1) is 22.7 Å². The van der Waals surface area contributed by atoms with Crippen molar-refractivity contribution in [3.8, 4) is 11.3 Å². The molecule has 3 heterocycles. The molecule has 1 aliphatic heterocycles. The van der Waals surface area contributed by atoms with Crippen LogP contribution >= 0.6 is 22.7 Å². The highest BCUT2D eigenvalue weighted by molar-refractivity contribution is 7.91. The van der Waals surface area contributed by atoms with E-state index in [0.717, 1.165) is 0 Å². The molecule has 0 saturated carbocycles. The van der Waals surface area contributed by atoms with Gasteiger partial charge in [-0.25, -0.2) is 13.4 Å². The average Bonchev–Trinajstić information content (AvgIpc) is 3.47. The van der Waals surface area contributed by atoms with E-state index in [4.69, 9.17) is 0 Å². The van der Waals surface area contributed by atoms with E-state index in [0.29, 0.717) is 39.0 Å². The van der Waals surface area contributed by atoms with Crippen molar-refractivity contribution in [1.82, 2.24) is 9.29 Å². The number of hydrogen-bond donors (Lipinski definition) is 1. The molecule has 0 aliphatic carbocycles. The summed E-state index contributed by atoms with van der Waals surface area (Å²) in [7, 11) is -3.50.